The van der Waals surface area contributed by atoms with E-state index in [9.17, 15) is 9.59 Å². The van der Waals surface area contributed by atoms with Gasteiger partial charge in [-0.2, -0.15) is 0 Å². The van der Waals surface area contributed by atoms with E-state index >= 15 is 0 Å². The summed E-state index contributed by atoms with van der Waals surface area (Å²) in [6, 6.07) is -1.33. The molecular weight excluding hydrogens is 212 g/mol. The molecule has 2 amide bonds. The molecule has 0 radical (unpaired) electrons. The molecule has 0 saturated carbocycles. The van der Waals surface area contributed by atoms with E-state index in [0.29, 0.717) is 19.6 Å². The Bertz CT molecular complexity index is 231. The third kappa shape index (κ3) is 7.05. The third-order valence-corrected chi connectivity index (χ3v) is 1.90. The van der Waals surface area contributed by atoms with Gasteiger partial charge in [-0.15, -0.1) is 0 Å². The second-order valence-corrected chi connectivity index (χ2v) is 3.91. The average Bonchev–Trinajstić information content (AvgIpc) is 2.16. The maximum absolute atomic E-state index is 11.3. The van der Waals surface area contributed by atoms with Gasteiger partial charge in [-0.25, -0.2) is 9.59 Å². The third-order valence-electron chi connectivity index (χ3n) is 1.90. The van der Waals surface area contributed by atoms with Crippen molar-refractivity contribution in [3.8, 4) is 0 Å². The molecule has 0 spiro atoms. The van der Waals surface area contributed by atoms with Gasteiger partial charge in [0.05, 0.1) is 6.61 Å². The fourth-order valence-electron chi connectivity index (χ4n) is 1.17. The summed E-state index contributed by atoms with van der Waals surface area (Å²) in [5.41, 5.74) is 0. The Morgan fingerprint density at radius 1 is 1.38 bits per heavy atom. The first-order valence-electron chi connectivity index (χ1n) is 5.23. The predicted octanol–water partition coefficient (Wildman–Crippen LogP) is 0.431. The first-order chi connectivity index (χ1) is 7.47. The molecule has 0 aliphatic heterocycles. The Kier molecular flexibility index (Phi) is 7.28. The SMILES string of the molecule is COCCNC(=O)N[C@@H](CC(C)C)C(=O)O. The normalized spacial score (nSPS) is 12.2. The molecule has 0 fully saturated rings. The van der Waals surface area contributed by atoms with Crippen LogP contribution in [0.25, 0.3) is 0 Å². The number of hydrogen-bond donors (Lipinski definition) is 3. The van der Waals surface area contributed by atoms with Gasteiger partial charge in [-0.1, -0.05) is 13.8 Å². The second-order valence-electron chi connectivity index (χ2n) is 3.91. The van der Waals surface area contributed by atoms with E-state index in [2.05, 4.69) is 10.6 Å². The number of ether oxygens (including phenoxy) is 1. The molecule has 94 valence electrons. The summed E-state index contributed by atoms with van der Waals surface area (Å²) >= 11 is 0. The zero-order chi connectivity index (χ0) is 12.6. The monoisotopic (exact) mass is 232 g/mol. The molecule has 6 nitrogen and oxygen atoms in total. The van der Waals surface area contributed by atoms with Gasteiger partial charge < -0.3 is 20.5 Å². The topological polar surface area (TPSA) is 87.7 Å². The van der Waals surface area contributed by atoms with Gasteiger partial charge in [-0.3, -0.25) is 0 Å². The number of nitrogens with one attached hydrogen (secondary N) is 2. The van der Waals surface area contributed by atoms with Gasteiger partial charge in [0.2, 0.25) is 0 Å². The summed E-state index contributed by atoms with van der Waals surface area (Å²) < 4.78 is 4.75. The summed E-state index contributed by atoms with van der Waals surface area (Å²) in [6.45, 7) is 4.56. The van der Waals surface area contributed by atoms with Gasteiger partial charge in [0.25, 0.3) is 0 Å². The van der Waals surface area contributed by atoms with Crippen molar-refractivity contribution in [1.82, 2.24) is 10.6 Å². The second kappa shape index (κ2) is 7.92. The number of rotatable bonds is 7. The molecule has 1 atom stereocenters. The van der Waals surface area contributed by atoms with Crippen molar-refractivity contribution < 1.29 is 19.4 Å². The molecule has 0 aliphatic carbocycles. The van der Waals surface area contributed by atoms with Crippen LogP contribution >= 0.6 is 0 Å². The van der Waals surface area contributed by atoms with E-state index in [0.717, 1.165) is 0 Å². The molecule has 0 saturated heterocycles. The summed E-state index contributed by atoms with van der Waals surface area (Å²) in [7, 11) is 1.53. The molecule has 0 aromatic heterocycles. The molecule has 0 unspecified atom stereocenters. The van der Waals surface area contributed by atoms with Crippen molar-refractivity contribution in [2.45, 2.75) is 26.3 Å². The number of carboxylic acid groups (broad SMARTS) is 1. The van der Waals surface area contributed by atoms with Crippen molar-refractivity contribution in [2.75, 3.05) is 20.3 Å². The van der Waals surface area contributed by atoms with E-state index in [1.54, 1.807) is 0 Å². The van der Waals surface area contributed by atoms with Crippen LogP contribution in [-0.4, -0.2) is 43.4 Å². The Labute approximate surface area is 95.4 Å². The molecule has 3 N–H and O–H groups in total. The molecule has 0 bridgehead atoms. The van der Waals surface area contributed by atoms with Gasteiger partial charge in [-0.05, 0) is 12.3 Å². The maximum atomic E-state index is 11.3. The highest BCUT2D eigenvalue weighted by Gasteiger charge is 2.20. The Morgan fingerprint density at radius 2 is 2.00 bits per heavy atom. The quantitative estimate of drug-likeness (QED) is 0.555. The first-order valence-corrected chi connectivity index (χ1v) is 5.23. The number of hydrogen-bond acceptors (Lipinski definition) is 3. The van der Waals surface area contributed by atoms with Crippen LogP contribution in [0.4, 0.5) is 4.79 Å². The van der Waals surface area contributed by atoms with Crippen LogP contribution in [0.3, 0.4) is 0 Å². The minimum atomic E-state index is -1.02. The van der Waals surface area contributed by atoms with Gasteiger partial charge in [0.15, 0.2) is 0 Å². The Hall–Kier alpha value is -1.30. The lowest BCUT2D eigenvalue weighted by molar-refractivity contribution is -0.139. The first kappa shape index (κ1) is 14.7. The summed E-state index contributed by atoms with van der Waals surface area (Å²) in [4.78, 5) is 22.1. The number of urea groups is 1. The molecule has 0 aliphatic rings. The van der Waals surface area contributed by atoms with Crippen LogP contribution in [0, 0.1) is 5.92 Å². The lowest BCUT2D eigenvalue weighted by atomic mass is 10.0. The van der Waals surface area contributed by atoms with Crippen LogP contribution in [0.5, 0.6) is 0 Å². The smallest absolute Gasteiger partial charge is 0.326 e. The summed E-state index contributed by atoms with van der Waals surface area (Å²) in [5.74, 6) is -0.809. The summed E-state index contributed by atoms with van der Waals surface area (Å²) in [6.07, 6.45) is 0.410. The number of carbonyl (C=O) groups excluding carboxylic acids is 1. The van der Waals surface area contributed by atoms with Gasteiger partial charge >= 0.3 is 12.0 Å². The summed E-state index contributed by atoms with van der Waals surface area (Å²) in [5, 5.41) is 13.8. The highest BCUT2D eigenvalue weighted by Crippen LogP contribution is 2.04. The number of aliphatic carboxylic acids is 1. The Morgan fingerprint density at radius 3 is 2.44 bits per heavy atom. The van der Waals surface area contributed by atoms with Crippen LogP contribution in [0.15, 0.2) is 0 Å². The molecule has 6 heteroatoms. The molecule has 0 heterocycles. The van der Waals surface area contributed by atoms with Crippen molar-refractivity contribution in [3.63, 3.8) is 0 Å². The molecule has 0 aromatic rings. The van der Waals surface area contributed by atoms with Crippen molar-refractivity contribution in [2.24, 2.45) is 5.92 Å². The lowest BCUT2D eigenvalue weighted by Crippen LogP contribution is -2.47. The highest BCUT2D eigenvalue weighted by atomic mass is 16.5. The molecule has 0 rings (SSSR count). The van der Waals surface area contributed by atoms with E-state index in [-0.39, 0.29) is 5.92 Å². The number of carbonyl (C=O) groups is 2. The zero-order valence-electron chi connectivity index (χ0n) is 9.95. The molecule has 0 aromatic carbocycles. The zero-order valence-corrected chi connectivity index (χ0v) is 9.95. The van der Waals surface area contributed by atoms with Crippen LogP contribution in [0.1, 0.15) is 20.3 Å². The van der Waals surface area contributed by atoms with Crippen LogP contribution < -0.4 is 10.6 Å². The fraction of sp³-hybridized carbons (Fsp3) is 0.800. The van der Waals surface area contributed by atoms with E-state index in [4.69, 9.17) is 9.84 Å². The van der Waals surface area contributed by atoms with Gasteiger partial charge in [0.1, 0.15) is 6.04 Å². The van der Waals surface area contributed by atoms with Crippen LogP contribution in [0.2, 0.25) is 0 Å². The Balaban J connectivity index is 3.98. The minimum Gasteiger partial charge on any atom is -0.480 e. The van der Waals surface area contributed by atoms with E-state index < -0.39 is 18.0 Å². The number of carboxylic acids is 1. The van der Waals surface area contributed by atoms with Crippen molar-refractivity contribution in [1.29, 1.82) is 0 Å². The molecule has 16 heavy (non-hydrogen) atoms. The largest absolute Gasteiger partial charge is 0.480 e. The maximum Gasteiger partial charge on any atom is 0.326 e. The lowest BCUT2D eigenvalue weighted by Gasteiger charge is -2.16. The standard InChI is InChI=1S/C10H20N2O4/c1-7(2)6-8(9(13)14)12-10(15)11-4-5-16-3/h7-8H,4-6H2,1-3H3,(H,13,14)(H2,11,12,15)/t8-/m0/s1. The highest BCUT2D eigenvalue weighted by molar-refractivity contribution is 5.82. The minimum absolute atomic E-state index is 0.209. The van der Waals surface area contributed by atoms with Crippen molar-refractivity contribution in [3.05, 3.63) is 0 Å². The number of amides is 2. The average molecular weight is 232 g/mol. The number of methoxy groups -OCH3 is 1. The van der Waals surface area contributed by atoms with Gasteiger partial charge in [0, 0.05) is 13.7 Å². The van der Waals surface area contributed by atoms with Crippen LogP contribution in [-0.2, 0) is 9.53 Å². The van der Waals surface area contributed by atoms with E-state index in [1.165, 1.54) is 7.11 Å². The predicted molar refractivity (Wildman–Crippen MR) is 59.3 cm³/mol. The van der Waals surface area contributed by atoms with E-state index in [1.807, 2.05) is 13.8 Å². The van der Waals surface area contributed by atoms with Crippen molar-refractivity contribution >= 4 is 12.0 Å². The fourth-order valence-corrected chi connectivity index (χ4v) is 1.17. The molecular formula is C10H20N2O4.